The molecule has 0 spiro atoms. The lowest BCUT2D eigenvalue weighted by atomic mass is 9.83. The first-order chi connectivity index (χ1) is 16.4. The van der Waals surface area contributed by atoms with E-state index in [1.165, 1.54) is 25.0 Å². The molecule has 35 heavy (non-hydrogen) atoms. The van der Waals surface area contributed by atoms with Crippen LogP contribution in [0.15, 0.2) is 36.4 Å². The van der Waals surface area contributed by atoms with Crippen molar-refractivity contribution >= 4 is 64.4 Å². The molecule has 2 aliphatic heterocycles. The van der Waals surface area contributed by atoms with E-state index in [1.807, 2.05) is 0 Å². The van der Waals surface area contributed by atoms with Gasteiger partial charge in [0.05, 0.1) is 0 Å². The van der Waals surface area contributed by atoms with E-state index in [4.69, 9.17) is 11.6 Å². The van der Waals surface area contributed by atoms with Gasteiger partial charge in [0, 0.05) is 35.1 Å². The Morgan fingerprint density at radius 2 is 1.91 bits per heavy atom. The largest absolute Gasteiger partial charge is 0.389 e. The van der Waals surface area contributed by atoms with Gasteiger partial charge in [0.15, 0.2) is 0 Å². The number of piperidine rings is 1. The maximum atomic E-state index is 15.0. The average molecular weight is 497 g/mol. The number of amides is 4. The van der Waals surface area contributed by atoms with Crippen molar-refractivity contribution in [3.8, 4) is 0 Å². The summed E-state index contributed by atoms with van der Waals surface area (Å²) < 4.78 is 30.1. The van der Waals surface area contributed by atoms with Crippen molar-refractivity contribution in [2.45, 2.75) is 37.3 Å². The van der Waals surface area contributed by atoms with Crippen LogP contribution in [0.2, 0.25) is 5.02 Å². The van der Waals surface area contributed by atoms with Crippen molar-refractivity contribution in [1.82, 2.24) is 15.0 Å². The highest BCUT2D eigenvalue weighted by molar-refractivity contribution is 6.45. The van der Waals surface area contributed by atoms with Gasteiger partial charge in [-0.3, -0.25) is 24.5 Å². The summed E-state index contributed by atoms with van der Waals surface area (Å²) in [5.74, 6) is -7.05. The van der Waals surface area contributed by atoms with Gasteiger partial charge in [-0.2, -0.15) is 8.78 Å². The van der Waals surface area contributed by atoms with Crippen LogP contribution in [0.25, 0.3) is 0 Å². The Labute approximate surface area is 208 Å². The van der Waals surface area contributed by atoms with Crippen LogP contribution in [0.3, 0.4) is 0 Å². The van der Waals surface area contributed by atoms with Crippen molar-refractivity contribution in [3.05, 3.63) is 63.7 Å². The smallest absolute Gasteiger partial charge is 0.348 e. The zero-order valence-electron chi connectivity index (χ0n) is 19.4. The molecule has 13 heteroatoms. The molecule has 0 saturated carbocycles. The van der Waals surface area contributed by atoms with E-state index in [-0.39, 0.29) is 31.2 Å². The van der Waals surface area contributed by atoms with Crippen LogP contribution in [0.5, 0.6) is 0 Å². The molecule has 2 aromatic rings. The molecule has 2 aliphatic rings. The second kappa shape index (κ2) is 9.15. The normalized spacial score (nSPS) is 18.8. The van der Waals surface area contributed by atoms with Crippen molar-refractivity contribution in [2.24, 2.45) is 0 Å². The van der Waals surface area contributed by atoms with Gasteiger partial charge in [0.2, 0.25) is 19.8 Å². The van der Waals surface area contributed by atoms with E-state index >= 15 is 8.78 Å². The monoisotopic (exact) mass is 497 g/mol. The molecule has 2 unspecified atom stereocenters. The molecule has 1 fully saturated rings. The third-order valence-electron chi connectivity index (χ3n) is 6.72. The van der Waals surface area contributed by atoms with Crippen LogP contribution in [-0.4, -0.2) is 63.1 Å². The molecule has 1 saturated heterocycles. The van der Waals surface area contributed by atoms with E-state index < -0.39 is 35.3 Å². The number of benzene rings is 2. The first-order valence-electron chi connectivity index (χ1n) is 11.1. The van der Waals surface area contributed by atoms with Gasteiger partial charge in [-0.25, -0.2) is 0 Å². The third kappa shape index (κ3) is 4.47. The van der Waals surface area contributed by atoms with Crippen molar-refractivity contribution < 1.29 is 28.0 Å². The van der Waals surface area contributed by atoms with Crippen LogP contribution in [-0.2, 0) is 26.9 Å². The van der Waals surface area contributed by atoms with E-state index in [1.54, 1.807) is 33.9 Å². The van der Waals surface area contributed by atoms with Crippen molar-refractivity contribution in [1.29, 1.82) is 0 Å². The van der Waals surface area contributed by atoms with Crippen LogP contribution < -0.4 is 10.8 Å². The molecule has 4 rings (SSSR count). The molecule has 2 heterocycles. The number of nitrogens with one attached hydrogen (secondary N) is 1. The van der Waals surface area contributed by atoms with Crippen molar-refractivity contribution in [2.75, 3.05) is 0 Å². The van der Waals surface area contributed by atoms with E-state index in [0.717, 1.165) is 10.9 Å². The summed E-state index contributed by atoms with van der Waals surface area (Å²) in [5, 5.41) is 2.58. The van der Waals surface area contributed by atoms with Gasteiger partial charge in [-0.05, 0) is 29.7 Å². The number of halogens is 3. The number of rotatable bonds is 5. The first kappa shape index (κ1) is 25.0. The highest BCUT2D eigenvalue weighted by Gasteiger charge is 2.44. The summed E-state index contributed by atoms with van der Waals surface area (Å²) in [6.07, 6.45) is 0.386. The highest BCUT2D eigenvalue weighted by Crippen LogP contribution is 2.34. The van der Waals surface area contributed by atoms with E-state index in [2.05, 4.69) is 5.32 Å². The Hall–Kier alpha value is -3.14. The summed E-state index contributed by atoms with van der Waals surface area (Å²) in [6, 6.07) is 7.80. The number of nitrogens with zero attached hydrogens (tertiary/aromatic N) is 2. The summed E-state index contributed by atoms with van der Waals surface area (Å²) >= 11 is 5.93. The Morgan fingerprint density at radius 1 is 1.20 bits per heavy atom. The Bertz CT molecular complexity index is 1260. The first-order valence-corrected chi connectivity index (χ1v) is 11.5. The predicted molar refractivity (Wildman–Crippen MR) is 133 cm³/mol. The highest BCUT2D eigenvalue weighted by atomic mass is 35.5. The van der Waals surface area contributed by atoms with Gasteiger partial charge >= 0.3 is 5.92 Å². The van der Waals surface area contributed by atoms with E-state index in [9.17, 15) is 19.2 Å². The number of carbonyl (C=O) groups excluding carboxylic acids is 4. The van der Waals surface area contributed by atoms with Gasteiger partial charge in [-0.1, -0.05) is 41.3 Å². The lowest BCUT2D eigenvalue weighted by molar-refractivity contribution is -0.154. The lowest BCUT2D eigenvalue weighted by Gasteiger charge is -2.30. The average Bonchev–Trinajstić information content (AvgIpc) is 3.14. The van der Waals surface area contributed by atoms with Crippen LogP contribution in [0.1, 0.15) is 45.8 Å². The Balaban J connectivity index is 1.53. The SMILES string of the molecule is Bc1cc(C(F)(F)C(=O)N(B)C(B)c2ccc3c(c2)CN(C2CCC(=O)NC2=O)C3=O)ccc1Cl. The zero-order valence-corrected chi connectivity index (χ0v) is 20.2. The van der Waals surface area contributed by atoms with Gasteiger partial charge in [-0.15, -0.1) is 0 Å². The number of hydrogen-bond donors (Lipinski definition) is 1. The van der Waals surface area contributed by atoms with Gasteiger partial charge in [0.25, 0.3) is 11.8 Å². The Morgan fingerprint density at radius 3 is 2.57 bits per heavy atom. The minimum Gasteiger partial charge on any atom is -0.389 e. The molecule has 0 bridgehead atoms. The molecule has 2 atom stereocenters. The second-order valence-corrected chi connectivity index (χ2v) is 9.35. The summed E-state index contributed by atoms with van der Waals surface area (Å²) in [5.41, 5.74) is 1.60. The zero-order chi connectivity index (χ0) is 25.7. The number of fused-ring (bicyclic) bond motifs is 1. The Kier molecular flexibility index (Phi) is 6.53. The number of carbonyl (C=O) groups is 4. The fourth-order valence-electron chi connectivity index (χ4n) is 4.44. The lowest BCUT2D eigenvalue weighted by Crippen LogP contribution is -2.52. The minimum atomic E-state index is -3.76. The fraction of sp³-hybridized carbons (Fsp3) is 0.273. The summed E-state index contributed by atoms with van der Waals surface area (Å²) in [4.78, 5) is 51.7. The molecule has 4 amide bonds. The van der Waals surface area contributed by atoms with Crippen molar-refractivity contribution in [3.63, 3.8) is 0 Å². The molecular weight excluding hydrogens is 476 g/mol. The van der Waals surface area contributed by atoms with Crippen LogP contribution in [0.4, 0.5) is 8.78 Å². The summed E-state index contributed by atoms with van der Waals surface area (Å²) in [6.45, 7) is 0.152. The molecule has 7 nitrogen and oxygen atoms in total. The van der Waals surface area contributed by atoms with Gasteiger partial charge in [0.1, 0.15) is 21.7 Å². The second-order valence-electron chi connectivity index (χ2n) is 8.95. The quantitative estimate of drug-likeness (QED) is 0.432. The van der Waals surface area contributed by atoms with Gasteiger partial charge < -0.3 is 9.71 Å². The standard InChI is InChI=1S/C22H21B3ClF2N3O4/c23-14-8-12(2-4-15(14)26)22(27,28)21(35)31(25)18(24)10-1-3-13-11(7-10)9-30(20(13)34)16-5-6-17(32)29-19(16)33/h1-4,7-8,16,18H,5-6,9,23-25H2,(H,29,32,33). The third-order valence-corrected chi connectivity index (χ3v) is 7.14. The van der Waals surface area contributed by atoms with Crippen LogP contribution in [0, 0.1) is 0 Å². The molecule has 0 radical (unpaired) electrons. The number of alkyl halides is 2. The summed E-state index contributed by atoms with van der Waals surface area (Å²) in [7, 11) is 4.51. The number of hydrogen-bond acceptors (Lipinski definition) is 4. The maximum absolute atomic E-state index is 15.0. The predicted octanol–water partition coefficient (Wildman–Crippen LogP) is -0.840. The van der Waals surface area contributed by atoms with Crippen LogP contribution >= 0.6 is 11.6 Å². The maximum Gasteiger partial charge on any atom is 0.348 e. The fourth-order valence-corrected chi connectivity index (χ4v) is 4.56. The molecular formula is C22H21B3ClF2N3O4. The molecule has 0 aliphatic carbocycles. The molecule has 0 aromatic heterocycles. The minimum absolute atomic E-state index is 0.146. The number of imide groups is 1. The molecule has 1 N–H and O–H groups in total. The molecule has 178 valence electrons. The van der Waals surface area contributed by atoms with E-state index in [0.29, 0.717) is 27.2 Å². The molecule has 2 aromatic carbocycles. The topological polar surface area (TPSA) is 86.8 Å².